The molecule has 0 spiro atoms. The molecule has 2 rings (SSSR count). The predicted octanol–water partition coefficient (Wildman–Crippen LogP) is 2.14. The van der Waals surface area contributed by atoms with Crippen molar-refractivity contribution in [3.8, 4) is 0 Å². The van der Waals surface area contributed by atoms with Gasteiger partial charge in [0.15, 0.2) is 0 Å². The molecule has 0 fully saturated rings. The lowest BCUT2D eigenvalue weighted by Gasteiger charge is -2.17. The number of anilines is 1. The monoisotopic (exact) mass is 334 g/mol. The molecule has 1 unspecified atom stereocenters. The van der Waals surface area contributed by atoms with Crippen molar-refractivity contribution in [3.05, 3.63) is 24.0 Å². The van der Waals surface area contributed by atoms with Crippen LogP contribution in [0.15, 0.2) is 18.2 Å². The van der Waals surface area contributed by atoms with E-state index in [4.69, 9.17) is 5.73 Å². The summed E-state index contributed by atoms with van der Waals surface area (Å²) in [6.07, 6.45) is -0.659. The van der Waals surface area contributed by atoms with E-state index in [1.165, 1.54) is 0 Å². The van der Waals surface area contributed by atoms with Crippen LogP contribution in [0.1, 0.15) is 32.7 Å². The van der Waals surface area contributed by atoms with Crippen LogP contribution < -0.4 is 11.1 Å². The molecule has 0 radical (unpaired) electrons. The van der Waals surface area contributed by atoms with Gasteiger partial charge < -0.3 is 21.1 Å². The summed E-state index contributed by atoms with van der Waals surface area (Å²) < 4.78 is 0. The molecule has 0 saturated heterocycles. The lowest BCUT2D eigenvalue weighted by atomic mass is 10.1. The Bertz CT molecular complexity index is 620. The number of carbonyl (C=O) groups is 1. The number of aromatic amines is 1. The number of amides is 1. The standard InChI is InChI=1S/C13H18N4O2.2ClH/c1-7(18)11-16-9-5-4-8(6-10(9)17-11)15-12(19)13(2,3)14;;/h4-7,18H,14H2,1-3H3,(H,15,19)(H,16,17);2*1H. The van der Waals surface area contributed by atoms with E-state index in [1.807, 2.05) is 0 Å². The van der Waals surface area contributed by atoms with Crippen LogP contribution in [0.5, 0.6) is 0 Å². The van der Waals surface area contributed by atoms with Crippen LogP contribution in [-0.4, -0.2) is 26.5 Å². The predicted molar refractivity (Wildman–Crippen MR) is 88.1 cm³/mol. The van der Waals surface area contributed by atoms with Gasteiger partial charge in [-0.05, 0) is 39.0 Å². The minimum atomic E-state index is -0.937. The number of halogens is 2. The molecule has 0 aliphatic carbocycles. The fourth-order valence-electron chi connectivity index (χ4n) is 1.60. The minimum Gasteiger partial charge on any atom is -0.385 e. The lowest BCUT2D eigenvalue weighted by molar-refractivity contribution is -0.120. The van der Waals surface area contributed by atoms with Crippen molar-refractivity contribution >= 4 is 47.4 Å². The van der Waals surface area contributed by atoms with Crippen molar-refractivity contribution in [1.29, 1.82) is 0 Å². The molecule has 0 aliphatic rings. The fraction of sp³-hybridized carbons (Fsp3) is 0.385. The number of aliphatic hydroxyl groups is 1. The number of aromatic nitrogens is 2. The maximum Gasteiger partial charge on any atom is 0.243 e. The first-order valence-electron chi connectivity index (χ1n) is 6.05. The Morgan fingerprint density at radius 2 is 2.05 bits per heavy atom. The molecule has 0 aliphatic heterocycles. The van der Waals surface area contributed by atoms with Gasteiger partial charge in [0.05, 0.1) is 16.6 Å². The van der Waals surface area contributed by atoms with Crippen LogP contribution in [0.2, 0.25) is 0 Å². The van der Waals surface area contributed by atoms with Crippen molar-refractivity contribution < 1.29 is 9.90 Å². The summed E-state index contributed by atoms with van der Waals surface area (Å²) in [6.45, 7) is 4.92. The summed E-state index contributed by atoms with van der Waals surface area (Å²) in [4.78, 5) is 19.0. The second-order valence-electron chi connectivity index (χ2n) is 5.21. The Morgan fingerprint density at radius 1 is 1.43 bits per heavy atom. The summed E-state index contributed by atoms with van der Waals surface area (Å²) in [5.41, 5.74) is 6.91. The van der Waals surface area contributed by atoms with E-state index in [0.29, 0.717) is 11.5 Å². The van der Waals surface area contributed by atoms with Crippen molar-refractivity contribution in [3.63, 3.8) is 0 Å². The molecule has 1 atom stereocenters. The molecular formula is C13H20Cl2N4O2. The smallest absolute Gasteiger partial charge is 0.243 e. The number of hydrogen-bond acceptors (Lipinski definition) is 4. The van der Waals surface area contributed by atoms with Crippen molar-refractivity contribution in [2.45, 2.75) is 32.4 Å². The highest BCUT2D eigenvalue weighted by molar-refractivity contribution is 5.98. The first kappa shape index (κ1) is 19.7. The zero-order valence-corrected chi connectivity index (χ0v) is 13.6. The normalized spacial score (nSPS) is 12.2. The van der Waals surface area contributed by atoms with Gasteiger partial charge in [0, 0.05) is 5.69 Å². The van der Waals surface area contributed by atoms with Gasteiger partial charge in [-0.2, -0.15) is 0 Å². The van der Waals surface area contributed by atoms with Gasteiger partial charge in [-0.1, -0.05) is 0 Å². The number of rotatable bonds is 3. The zero-order chi connectivity index (χ0) is 14.2. The third-order valence-corrected chi connectivity index (χ3v) is 2.74. The summed E-state index contributed by atoms with van der Waals surface area (Å²) in [5.74, 6) is 0.236. The summed E-state index contributed by atoms with van der Waals surface area (Å²) in [6, 6.07) is 5.29. The molecule has 6 nitrogen and oxygen atoms in total. The van der Waals surface area contributed by atoms with Crippen LogP contribution in [0.25, 0.3) is 11.0 Å². The third kappa shape index (κ3) is 4.57. The second-order valence-corrected chi connectivity index (χ2v) is 5.21. The quantitative estimate of drug-likeness (QED) is 0.690. The molecule has 2 aromatic rings. The number of nitrogens with one attached hydrogen (secondary N) is 2. The van der Waals surface area contributed by atoms with Crippen LogP contribution in [0.3, 0.4) is 0 Å². The lowest BCUT2D eigenvalue weighted by Crippen LogP contribution is -2.45. The summed E-state index contributed by atoms with van der Waals surface area (Å²) >= 11 is 0. The number of benzene rings is 1. The Kier molecular flexibility index (Phi) is 6.63. The molecular weight excluding hydrogens is 315 g/mol. The highest BCUT2D eigenvalue weighted by Gasteiger charge is 2.21. The third-order valence-electron chi connectivity index (χ3n) is 2.74. The van der Waals surface area contributed by atoms with Crippen molar-refractivity contribution in [2.75, 3.05) is 5.32 Å². The maximum absolute atomic E-state index is 11.8. The van der Waals surface area contributed by atoms with Crippen molar-refractivity contribution in [2.24, 2.45) is 5.73 Å². The molecule has 0 bridgehead atoms. The Hall–Kier alpha value is -1.34. The first-order valence-corrected chi connectivity index (χ1v) is 6.05. The molecule has 8 heteroatoms. The number of carbonyl (C=O) groups excluding carboxylic acids is 1. The van der Waals surface area contributed by atoms with Crippen molar-refractivity contribution in [1.82, 2.24) is 9.97 Å². The Labute approximate surface area is 135 Å². The van der Waals surface area contributed by atoms with Crippen LogP contribution >= 0.6 is 24.8 Å². The number of nitrogens with two attached hydrogens (primary N) is 1. The largest absolute Gasteiger partial charge is 0.385 e. The van der Waals surface area contributed by atoms with E-state index >= 15 is 0 Å². The number of H-pyrrole nitrogens is 1. The molecule has 1 aromatic carbocycles. The van der Waals surface area contributed by atoms with Crippen LogP contribution in [0.4, 0.5) is 5.69 Å². The summed E-state index contributed by atoms with van der Waals surface area (Å²) in [7, 11) is 0. The van der Waals surface area contributed by atoms with E-state index in [9.17, 15) is 9.90 Å². The molecule has 21 heavy (non-hydrogen) atoms. The van der Waals surface area contributed by atoms with Crippen LogP contribution in [-0.2, 0) is 4.79 Å². The van der Waals surface area contributed by atoms with E-state index in [0.717, 1.165) is 11.0 Å². The summed E-state index contributed by atoms with van der Waals surface area (Å²) in [5, 5.41) is 12.2. The van der Waals surface area contributed by atoms with Gasteiger partial charge >= 0.3 is 0 Å². The van der Waals surface area contributed by atoms with Gasteiger partial charge in [0.2, 0.25) is 5.91 Å². The highest BCUT2D eigenvalue weighted by Crippen LogP contribution is 2.20. The van der Waals surface area contributed by atoms with Gasteiger partial charge in [0.25, 0.3) is 0 Å². The van der Waals surface area contributed by atoms with E-state index in [1.54, 1.807) is 39.0 Å². The number of imidazole rings is 1. The fourth-order valence-corrected chi connectivity index (χ4v) is 1.60. The van der Waals surface area contributed by atoms with Gasteiger partial charge in [-0.3, -0.25) is 4.79 Å². The molecule has 5 N–H and O–H groups in total. The SMILES string of the molecule is CC(O)c1nc2ccc(NC(=O)C(C)(C)N)cc2[nH]1.Cl.Cl. The molecule has 118 valence electrons. The van der Waals surface area contributed by atoms with Gasteiger partial charge in [-0.25, -0.2) is 4.98 Å². The number of nitrogens with zero attached hydrogens (tertiary/aromatic N) is 1. The number of hydrogen-bond donors (Lipinski definition) is 4. The van der Waals surface area contributed by atoms with Crippen LogP contribution in [0, 0.1) is 0 Å². The minimum absolute atomic E-state index is 0. The van der Waals surface area contributed by atoms with E-state index in [-0.39, 0.29) is 30.7 Å². The first-order chi connectivity index (χ1) is 8.77. The Morgan fingerprint density at radius 3 is 2.57 bits per heavy atom. The van der Waals surface area contributed by atoms with Gasteiger partial charge in [-0.15, -0.1) is 24.8 Å². The topological polar surface area (TPSA) is 104 Å². The average molecular weight is 335 g/mol. The molecule has 1 heterocycles. The highest BCUT2D eigenvalue weighted by atomic mass is 35.5. The van der Waals surface area contributed by atoms with E-state index < -0.39 is 11.6 Å². The molecule has 1 amide bonds. The van der Waals surface area contributed by atoms with Gasteiger partial charge in [0.1, 0.15) is 11.9 Å². The average Bonchev–Trinajstić information content (AvgIpc) is 2.70. The number of fused-ring (bicyclic) bond motifs is 1. The number of aliphatic hydroxyl groups excluding tert-OH is 1. The maximum atomic E-state index is 11.8. The Balaban J connectivity index is 0.00000200. The molecule has 1 aromatic heterocycles. The molecule has 0 saturated carbocycles. The van der Waals surface area contributed by atoms with E-state index in [2.05, 4.69) is 15.3 Å². The zero-order valence-electron chi connectivity index (χ0n) is 12.0. The second kappa shape index (κ2) is 7.09.